The molecule has 0 amide bonds. The number of hydrogen-bond donors (Lipinski definition) is 1. The number of ether oxygens (including phenoxy) is 1. The van der Waals surface area contributed by atoms with Gasteiger partial charge in [0.15, 0.2) is 23.2 Å². The molecule has 2 nitrogen and oxygen atoms in total. The summed E-state index contributed by atoms with van der Waals surface area (Å²) < 4.78 is 43.0. The lowest BCUT2D eigenvalue weighted by molar-refractivity contribution is 0.373. The Hall–Kier alpha value is -0.660. The van der Waals surface area contributed by atoms with Gasteiger partial charge in [0, 0.05) is 0 Å². The molecule has 13 heavy (non-hydrogen) atoms. The SMILES string of the molecule is COc1c(F)c(N)c(F)c(F)c1I. The van der Waals surface area contributed by atoms with E-state index >= 15 is 0 Å². The number of rotatable bonds is 1. The highest BCUT2D eigenvalue weighted by Gasteiger charge is 2.22. The van der Waals surface area contributed by atoms with Crippen molar-refractivity contribution in [3.8, 4) is 5.75 Å². The number of nitrogens with two attached hydrogens (primary N) is 1. The molecular weight excluding hydrogens is 298 g/mol. The minimum Gasteiger partial charge on any atom is -0.492 e. The van der Waals surface area contributed by atoms with Gasteiger partial charge in [-0.15, -0.1) is 0 Å². The molecule has 0 unspecified atom stereocenters. The van der Waals surface area contributed by atoms with Crippen LogP contribution in [0.25, 0.3) is 0 Å². The van der Waals surface area contributed by atoms with Crippen molar-refractivity contribution in [1.29, 1.82) is 0 Å². The summed E-state index contributed by atoms with van der Waals surface area (Å²) in [6.45, 7) is 0. The molecule has 1 aromatic carbocycles. The second kappa shape index (κ2) is 3.60. The molecule has 0 fully saturated rings. The van der Waals surface area contributed by atoms with Gasteiger partial charge in [-0.25, -0.2) is 13.2 Å². The average molecular weight is 303 g/mol. The van der Waals surface area contributed by atoms with Gasteiger partial charge >= 0.3 is 0 Å². The molecule has 72 valence electrons. The van der Waals surface area contributed by atoms with E-state index in [4.69, 9.17) is 5.73 Å². The first-order chi connectivity index (χ1) is 6.00. The zero-order chi connectivity index (χ0) is 10.2. The van der Waals surface area contributed by atoms with Crippen LogP contribution >= 0.6 is 22.6 Å². The third kappa shape index (κ3) is 1.54. The Labute approximate surface area is 86.0 Å². The quantitative estimate of drug-likeness (QED) is 0.374. The number of hydrogen-bond acceptors (Lipinski definition) is 2. The van der Waals surface area contributed by atoms with Crippen molar-refractivity contribution in [1.82, 2.24) is 0 Å². The predicted octanol–water partition coefficient (Wildman–Crippen LogP) is 2.30. The first kappa shape index (κ1) is 10.4. The van der Waals surface area contributed by atoms with E-state index in [9.17, 15) is 13.2 Å². The topological polar surface area (TPSA) is 35.2 Å². The van der Waals surface area contributed by atoms with Gasteiger partial charge in [-0.05, 0) is 22.6 Å². The van der Waals surface area contributed by atoms with E-state index in [1.807, 2.05) is 0 Å². The lowest BCUT2D eigenvalue weighted by Crippen LogP contribution is -2.04. The van der Waals surface area contributed by atoms with E-state index in [1.165, 1.54) is 22.6 Å². The van der Waals surface area contributed by atoms with Crippen LogP contribution < -0.4 is 10.5 Å². The second-order valence-corrected chi connectivity index (χ2v) is 3.28. The molecule has 1 aromatic rings. The van der Waals surface area contributed by atoms with Crippen molar-refractivity contribution in [3.05, 3.63) is 21.0 Å². The summed E-state index contributed by atoms with van der Waals surface area (Å²) in [5.41, 5.74) is 4.09. The number of nitrogen functional groups attached to an aromatic ring is 1. The summed E-state index contributed by atoms with van der Waals surface area (Å²) in [6.07, 6.45) is 0. The number of anilines is 1. The minimum atomic E-state index is -1.39. The van der Waals surface area contributed by atoms with Gasteiger partial charge < -0.3 is 10.5 Å². The Morgan fingerprint density at radius 1 is 1.15 bits per heavy atom. The van der Waals surface area contributed by atoms with Crippen LogP contribution in [0.5, 0.6) is 5.75 Å². The monoisotopic (exact) mass is 303 g/mol. The van der Waals surface area contributed by atoms with Crippen LogP contribution in [0.1, 0.15) is 0 Å². The van der Waals surface area contributed by atoms with Crippen LogP contribution in [0, 0.1) is 21.0 Å². The molecule has 0 aliphatic carbocycles. The van der Waals surface area contributed by atoms with Crippen LogP contribution in [-0.4, -0.2) is 7.11 Å². The van der Waals surface area contributed by atoms with Gasteiger partial charge in [0.2, 0.25) is 0 Å². The number of halogens is 4. The molecule has 0 aliphatic heterocycles. The third-order valence-electron chi connectivity index (χ3n) is 1.46. The van der Waals surface area contributed by atoms with Crippen molar-refractivity contribution in [2.45, 2.75) is 0 Å². The van der Waals surface area contributed by atoms with E-state index in [2.05, 4.69) is 4.74 Å². The van der Waals surface area contributed by atoms with Crippen LogP contribution in [0.3, 0.4) is 0 Å². The van der Waals surface area contributed by atoms with Gasteiger partial charge in [-0.3, -0.25) is 0 Å². The maximum Gasteiger partial charge on any atom is 0.192 e. The normalized spacial score (nSPS) is 10.2. The molecule has 0 saturated carbocycles. The van der Waals surface area contributed by atoms with E-state index in [0.717, 1.165) is 7.11 Å². The van der Waals surface area contributed by atoms with Gasteiger partial charge in [0.1, 0.15) is 5.69 Å². The van der Waals surface area contributed by atoms with E-state index in [0.29, 0.717) is 0 Å². The molecule has 0 aliphatic rings. The van der Waals surface area contributed by atoms with Crippen molar-refractivity contribution >= 4 is 28.3 Å². The van der Waals surface area contributed by atoms with Gasteiger partial charge in [0.05, 0.1) is 10.7 Å². The zero-order valence-corrected chi connectivity index (χ0v) is 8.65. The van der Waals surface area contributed by atoms with E-state index in [-0.39, 0.29) is 9.32 Å². The van der Waals surface area contributed by atoms with Crippen LogP contribution in [0.4, 0.5) is 18.9 Å². The van der Waals surface area contributed by atoms with Crippen molar-refractivity contribution < 1.29 is 17.9 Å². The molecule has 1 rings (SSSR count). The number of methoxy groups -OCH3 is 1. The maximum atomic E-state index is 13.0. The van der Waals surface area contributed by atoms with Gasteiger partial charge in [-0.2, -0.15) is 0 Å². The summed E-state index contributed by atoms with van der Waals surface area (Å²) in [7, 11) is 1.15. The van der Waals surface area contributed by atoms with E-state index in [1.54, 1.807) is 0 Å². The number of benzene rings is 1. The molecule has 0 spiro atoms. The Morgan fingerprint density at radius 3 is 2.15 bits per heavy atom. The second-order valence-electron chi connectivity index (χ2n) is 2.20. The Bertz CT molecular complexity index is 327. The maximum absolute atomic E-state index is 13.0. The van der Waals surface area contributed by atoms with Crippen molar-refractivity contribution in [2.24, 2.45) is 0 Å². The summed E-state index contributed by atoms with van der Waals surface area (Å²) >= 11 is 1.44. The molecule has 0 atom stereocenters. The fourth-order valence-electron chi connectivity index (χ4n) is 0.808. The highest BCUT2D eigenvalue weighted by Crippen LogP contribution is 2.33. The highest BCUT2D eigenvalue weighted by atomic mass is 127. The Morgan fingerprint density at radius 2 is 1.69 bits per heavy atom. The summed E-state index contributed by atoms with van der Waals surface area (Å²) in [6, 6.07) is 0. The molecule has 2 N–H and O–H groups in total. The molecule has 0 aromatic heterocycles. The molecule has 0 bridgehead atoms. The standard InChI is InChI=1S/C7H5F3INO/c1-13-7-4(10)6(12)3(9)2(8)5(7)11/h12H2,1H3. The lowest BCUT2D eigenvalue weighted by atomic mass is 10.2. The highest BCUT2D eigenvalue weighted by molar-refractivity contribution is 14.1. The molecular formula is C7H5F3INO. The summed E-state index contributed by atoms with van der Waals surface area (Å²) in [5.74, 6) is -4.04. The first-order valence-corrected chi connectivity index (χ1v) is 4.24. The summed E-state index contributed by atoms with van der Waals surface area (Å²) in [5, 5.41) is 0. The van der Waals surface area contributed by atoms with Crippen molar-refractivity contribution in [3.63, 3.8) is 0 Å². The molecule has 0 saturated heterocycles. The smallest absolute Gasteiger partial charge is 0.192 e. The van der Waals surface area contributed by atoms with Crippen LogP contribution in [-0.2, 0) is 0 Å². The van der Waals surface area contributed by atoms with Crippen LogP contribution in [0.15, 0.2) is 0 Å². The first-order valence-electron chi connectivity index (χ1n) is 3.16. The average Bonchev–Trinajstić information content (AvgIpc) is 2.13. The van der Waals surface area contributed by atoms with Gasteiger partial charge in [0.25, 0.3) is 0 Å². The fourth-order valence-corrected chi connectivity index (χ4v) is 1.50. The Balaban J connectivity index is 3.56. The Kier molecular flexibility index (Phi) is 2.89. The minimum absolute atomic E-state index is 0.260. The van der Waals surface area contributed by atoms with Gasteiger partial charge in [-0.1, -0.05) is 0 Å². The summed E-state index contributed by atoms with van der Waals surface area (Å²) in [4.78, 5) is 0. The lowest BCUT2D eigenvalue weighted by Gasteiger charge is -2.08. The molecule has 0 radical (unpaired) electrons. The van der Waals surface area contributed by atoms with Crippen LogP contribution in [0.2, 0.25) is 0 Å². The molecule has 6 heteroatoms. The fraction of sp³-hybridized carbons (Fsp3) is 0.143. The zero-order valence-electron chi connectivity index (χ0n) is 6.50. The van der Waals surface area contributed by atoms with Crippen molar-refractivity contribution in [2.75, 3.05) is 12.8 Å². The van der Waals surface area contributed by atoms with E-state index < -0.39 is 23.1 Å². The predicted molar refractivity (Wildman–Crippen MR) is 50.0 cm³/mol. The largest absolute Gasteiger partial charge is 0.492 e. The third-order valence-corrected chi connectivity index (χ3v) is 2.42. The molecule has 0 heterocycles.